The van der Waals surface area contributed by atoms with Crippen molar-refractivity contribution in [3.05, 3.63) is 72.6 Å². The van der Waals surface area contributed by atoms with Crippen LogP contribution in [0.25, 0.3) is 33.6 Å². The van der Waals surface area contributed by atoms with Gasteiger partial charge < -0.3 is 31.2 Å². The minimum absolute atomic E-state index is 0.000786. The number of hydrogen-bond donors (Lipinski definition) is 4. The Kier molecular flexibility index (Phi) is 8.63. The number of carbonyl (C=O) groups excluding carboxylic acids is 2. The molecule has 0 radical (unpaired) electrons. The van der Waals surface area contributed by atoms with Gasteiger partial charge in [-0.2, -0.15) is 0 Å². The van der Waals surface area contributed by atoms with Crippen LogP contribution in [-0.2, 0) is 9.59 Å². The standard InChI is InChI=1S/C34H42N8O2/c1-3-25(35)33(43)41-17-5-7-29(41)31-37-19-27(39-31)23-13-9-21(10-14-23)22-11-15-24(16-12-22)28-20-38-32(40-28)30-8-6-18-42(30)34(44)26(36)4-2/h9-16,19-20,25-26,29-30H,3-8,17-18,35-36H2,1-2H3,(H,37,39)(H,38,40)/t25-,26?,29-,30-/m0/s1. The highest BCUT2D eigenvalue weighted by Gasteiger charge is 2.35. The van der Waals surface area contributed by atoms with Crippen molar-refractivity contribution in [2.45, 2.75) is 76.5 Å². The van der Waals surface area contributed by atoms with E-state index in [2.05, 4.69) is 68.5 Å². The van der Waals surface area contributed by atoms with Crippen LogP contribution >= 0.6 is 0 Å². The van der Waals surface area contributed by atoms with Crippen LogP contribution < -0.4 is 11.5 Å². The van der Waals surface area contributed by atoms with Gasteiger partial charge in [-0.15, -0.1) is 0 Å². The maximum absolute atomic E-state index is 12.8. The minimum atomic E-state index is -0.464. The third-order valence-corrected chi connectivity index (χ3v) is 9.13. The molecule has 10 heteroatoms. The summed E-state index contributed by atoms with van der Waals surface area (Å²) in [6, 6.07) is 15.7. The summed E-state index contributed by atoms with van der Waals surface area (Å²) in [5.74, 6) is 1.63. The number of imidazole rings is 2. The van der Waals surface area contributed by atoms with Gasteiger partial charge in [-0.1, -0.05) is 62.4 Å². The molecule has 44 heavy (non-hydrogen) atoms. The lowest BCUT2D eigenvalue weighted by atomic mass is 10.0. The molecule has 2 aromatic heterocycles. The second-order valence-electron chi connectivity index (χ2n) is 11.9. The van der Waals surface area contributed by atoms with E-state index in [-0.39, 0.29) is 23.9 Å². The molecule has 4 atom stereocenters. The summed E-state index contributed by atoms with van der Waals surface area (Å²) in [6.07, 6.45) is 8.62. The molecule has 4 aromatic rings. The number of nitrogens with one attached hydrogen (secondary N) is 2. The summed E-state index contributed by atoms with van der Waals surface area (Å²) in [6.45, 7) is 5.31. The number of rotatable bonds is 9. The normalized spacial score (nSPS) is 19.8. The lowest BCUT2D eigenvalue weighted by Gasteiger charge is -2.25. The highest BCUT2D eigenvalue weighted by molar-refractivity contribution is 5.83. The highest BCUT2D eigenvalue weighted by atomic mass is 16.2. The molecule has 10 nitrogen and oxygen atoms in total. The van der Waals surface area contributed by atoms with E-state index in [1.807, 2.05) is 36.0 Å². The van der Waals surface area contributed by atoms with Gasteiger partial charge in [-0.3, -0.25) is 9.59 Å². The number of amides is 2. The van der Waals surface area contributed by atoms with Crippen molar-refractivity contribution in [3.63, 3.8) is 0 Å². The van der Waals surface area contributed by atoms with Crippen molar-refractivity contribution >= 4 is 11.8 Å². The number of nitrogens with two attached hydrogens (primary N) is 2. The van der Waals surface area contributed by atoms with Gasteiger partial charge >= 0.3 is 0 Å². The van der Waals surface area contributed by atoms with Gasteiger partial charge in [0, 0.05) is 13.1 Å². The van der Waals surface area contributed by atoms with Crippen LogP contribution in [-0.4, -0.2) is 66.7 Å². The third kappa shape index (κ3) is 5.79. The first-order valence-electron chi connectivity index (χ1n) is 15.8. The molecule has 1 unspecified atom stereocenters. The highest BCUT2D eigenvalue weighted by Crippen LogP contribution is 2.34. The Bertz CT molecular complexity index is 1470. The molecular formula is C34H42N8O2. The van der Waals surface area contributed by atoms with Crippen molar-refractivity contribution in [1.82, 2.24) is 29.7 Å². The molecule has 6 N–H and O–H groups in total. The van der Waals surface area contributed by atoms with Crippen LogP contribution in [0.4, 0.5) is 0 Å². The monoisotopic (exact) mass is 594 g/mol. The van der Waals surface area contributed by atoms with Crippen LogP contribution in [0.1, 0.15) is 76.1 Å². The SMILES string of the molecule is CCC(N)C(=O)N1CCC[C@H]1c1ncc(-c2ccc(-c3ccc(-c4cnc([C@@H]5CCCN5C(=O)[C@@H](N)CC)[nH]4)cc3)cc2)[nH]1. The summed E-state index contributed by atoms with van der Waals surface area (Å²) in [7, 11) is 0. The van der Waals surface area contributed by atoms with Crippen LogP contribution in [0, 0.1) is 0 Å². The Balaban J connectivity index is 1.12. The van der Waals surface area contributed by atoms with Gasteiger partial charge in [0.2, 0.25) is 11.8 Å². The second-order valence-corrected chi connectivity index (χ2v) is 11.9. The number of aromatic amines is 2. The summed E-state index contributed by atoms with van der Waals surface area (Å²) >= 11 is 0. The van der Waals surface area contributed by atoms with Crippen LogP contribution in [0.15, 0.2) is 60.9 Å². The zero-order chi connectivity index (χ0) is 30.8. The number of hydrogen-bond acceptors (Lipinski definition) is 6. The average Bonchev–Trinajstić information content (AvgIpc) is 3.89. The molecule has 2 aromatic carbocycles. The van der Waals surface area contributed by atoms with Crippen LogP contribution in [0.5, 0.6) is 0 Å². The zero-order valence-corrected chi connectivity index (χ0v) is 25.5. The van der Waals surface area contributed by atoms with E-state index in [9.17, 15) is 9.59 Å². The van der Waals surface area contributed by atoms with E-state index in [4.69, 9.17) is 11.5 Å². The predicted molar refractivity (Wildman–Crippen MR) is 171 cm³/mol. The molecule has 0 spiro atoms. The first-order chi connectivity index (χ1) is 21.4. The summed E-state index contributed by atoms with van der Waals surface area (Å²) < 4.78 is 0. The maximum atomic E-state index is 12.8. The molecule has 2 saturated heterocycles. The molecule has 2 amide bonds. The number of nitrogens with zero attached hydrogens (tertiary/aromatic N) is 4. The van der Waals surface area contributed by atoms with E-state index in [0.29, 0.717) is 12.8 Å². The molecule has 230 valence electrons. The van der Waals surface area contributed by atoms with Crippen molar-refractivity contribution in [3.8, 4) is 33.6 Å². The number of likely N-dealkylation sites (tertiary alicyclic amines) is 2. The molecule has 0 aliphatic carbocycles. The Labute approximate surface area is 258 Å². The molecule has 2 aliphatic heterocycles. The Morgan fingerprint density at radius 3 is 1.43 bits per heavy atom. The lowest BCUT2D eigenvalue weighted by molar-refractivity contribution is -0.134. The summed E-state index contributed by atoms with van der Waals surface area (Å²) in [5.41, 5.74) is 18.2. The van der Waals surface area contributed by atoms with Gasteiger partial charge in [-0.25, -0.2) is 9.97 Å². The quantitative estimate of drug-likeness (QED) is 0.216. The van der Waals surface area contributed by atoms with Gasteiger partial charge in [0.15, 0.2) is 0 Å². The zero-order valence-electron chi connectivity index (χ0n) is 25.5. The van der Waals surface area contributed by atoms with E-state index in [0.717, 1.165) is 84.1 Å². The van der Waals surface area contributed by atoms with Crippen LogP contribution in [0.2, 0.25) is 0 Å². The fraction of sp³-hybridized carbons (Fsp3) is 0.412. The minimum Gasteiger partial charge on any atom is -0.340 e. The fourth-order valence-electron chi connectivity index (χ4n) is 6.39. The average molecular weight is 595 g/mol. The lowest BCUT2D eigenvalue weighted by Crippen LogP contribution is -2.43. The van der Waals surface area contributed by atoms with Gasteiger partial charge in [0.05, 0.1) is 47.9 Å². The number of H-pyrrole nitrogens is 2. The first kappa shape index (κ1) is 29.8. The molecule has 2 fully saturated rings. The van der Waals surface area contributed by atoms with Crippen molar-refractivity contribution in [2.75, 3.05) is 13.1 Å². The van der Waals surface area contributed by atoms with Gasteiger partial charge in [0.25, 0.3) is 0 Å². The second kappa shape index (κ2) is 12.8. The van der Waals surface area contributed by atoms with E-state index >= 15 is 0 Å². The first-order valence-corrected chi connectivity index (χ1v) is 15.8. The largest absolute Gasteiger partial charge is 0.340 e. The smallest absolute Gasteiger partial charge is 0.240 e. The van der Waals surface area contributed by atoms with E-state index in [1.54, 1.807) is 0 Å². The Hall–Kier alpha value is -4.28. The maximum Gasteiger partial charge on any atom is 0.240 e. The van der Waals surface area contributed by atoms with E-state index < -0.39 is 12.1 Å². The van der Waals surface area contributed by atoms with Crippen molar-refractivity contribution in [2.24, 2.45) is 11.5 Å². The molecule has 4 heterocycles. The van der Waals surface area contributed by atoms with Crippen molar-refractivity contribution < 1.29 is 9.59 Å². The molecule has 0 saturated carbocycles. The molecular weight excluding hydrogens is 552 g/mol. The number of carbonyl (C=O) groups is 2. The molecule has 6 rings (SSSR count). The molecule has 0 bridgehead atoms. The van der Waals surface area contributed by atoms with Gasteiger partial charge in [-0.05, 0) is 60.8 Å². The number of benzene rings is 2. The van der Waals surface area contributed by atoms with Crippen molar-refractivity contribution in [1.29, 1.82) is 0 Å². The van der Waals surface area contributed by atoms with E-state index in [1.165, 1.54) is 0 Å². The third-order valence-electron chi connectivity index (χ3n) is 9.13. The Morgan fingerprint density at radius 2 is 1.07 bits per heavy atom. The Morgan fingerprint density at radius 1 is 0.705 bits per heavy atom. The topological polar surface area (TPSA) is 150 Å². The fourth-order valence-corrected chi connectivity index (χ4v) is 6.39. The van der Waals surface area contributed by atoms with Crippen LogP contribution in [0.3, 0.4) is 0 Å². The number of aromatic nitrogens is 4. The predicted octanol–water partition coefficient (Wildman–Crippen LogP) is 4.94. The summed E-state index contributed by atoms with van der Waals surface area (Å²) in [5, 5.41) is 0. The van der Waals surface area contributed by atoms with Gasteiger partial charge in [0.1, 0.15) is 11.6 Å². The summed E-state index contributed by atoms with van der Waals surface area (Å²) in [4.78, 5) is 45.5. The molecule has 2 aliphatic rings.